The van der Waals surface area contributed by atoms with Gasteiger partial charge < -0.3 is 4.90 Å². The summed E-state index contributed by atoms with van der Waals surface area (Å²) >= 11 is 5.66. The molecular formula is C11H19ClN2O. The maximum atomic E-state index is 12.1. The molecule has 0 bridgehead atoms. The summed E-state index contributed by atoms with van der Waals surface area (Å²) < 4.78 is 0. The van der Waals surface area contributed by atoms with E-state index in [-0.39, 0.29) is 11.9 Å². The molecule has 1 N–H and O–H groups in total. The quantitative estimate of drug-likeness (QED) is 0.745. The number of hydrogen-bond acceptors (Lipinski definition) is 2. The Morgan fingerprint density at radius 1 is 1.53 bits per heavy atom. The molecule has 1 amide bonds. The fourth-order valence-electron chi connectivity index (χ4n) is 2.41. The summed E-state index contributed by atoms with van der Waals surface area (Å²) in [5.41, 5.74) is 0. The maximum Gasteiger partial charge on any atom is 0.241 e. The number of amides is 1. The molecule has 2 fully saturated rings. The molecule has 2 aliphatic rings. The number of carbonyl (C=O) groups is 1. The predicted molar refractivity (Wildman–Crippen MR) is 60.4 cm³/mol. The summed E-state index contributed by atoms with van der Waals surface area (Å²) in [6.07, 6.45) is 2.29. The zero-order chi connectivity index (χ0) is 11.0. The van der Waals surface area contributed by atoms with Gasteiger partial charge in [-0.15, -0.1) is 0 Å². The number of nitrogens with one attached hydrogen (secondary N) is 1. The first-order chi connectivity index (χ1) is 7.17. The van der Waals surface area contributed by atoms with Crippen LogP contribution in [-0.2, 0) is 4.79 Å². The molecule has 2 rings (SSSR count). The van der Waals surface area contributed by atoms with E-state index >= 15 is 0 Å². The Morgan fingerprint density at radius 2 is 2.13 bits per heavy atom. The lowest BCUT2D eigenvalue weighted by atomic mass is 9.99. The Hall–Kier alpha value is -0.280. The monoisotopic (exact) mass is 230 g/mol. The van der Waals surface area contributed by atoms with Gasteiger partial charge in [-0.25, -0.2) is 4.84 Å². The SMILES string of the molecule is CCC(C)[C@H](NCl)C(=O)N1C[C@H]2C[C@H]2C1. The van der Waals surface area contributed by atoms with Crippen LogP contribution in [0.1, 0.15) is 26.7 Å². The van der Waals surface area contributed by atoms with Gasteiger partial charge in [0.1, 0.15) is 6.04 Å². The van der Waals surface area contributed by atoms with E-state index in [0.717, 1.165) is 31.3 Å². The highest BCUT2D eigenvalue weighted by molar-refractivity contribution is 6.15. The second-order valence-electron chi connectivity index (χ2n) is 4.97. The topological polar surface area (TPSA) is 32.3 Å². The Kier molecular flexibility index (Phi) is 3.21. The third-order valence-corrected chi connectivity index (χ3v) is 4.12. The van der Waals surface area contributed by atoms with Crippen LogP contribution in [0.3, 0.4) is 0 Å². The van der Waals surface area contributed by atoms with Gasteiger partial charge in [0.25, 0.3) is 0 Å². The highest BCUT2D eigenvalue weighted by Crippen LogP contribution is 2.45. The van der Waals surface area contributed by atoms with Crippen molar-refractivity contribution >= 4 is 17.7 Å². The van der Waals surface area contributed by atoms with Crippen molar-refractivity contribution in [1.82, 2.24) is 9.74 Å². The van der Waals surface area contributed by atoms with Crippen molar-refractivity contribution in [2.24, 2.45) is 17.8 Å². The normalized spacial score (nSPS) is 32.3. The zero-order valence-corrected chi connectivity index (χ0v) is 10.1. The first-order valence-electron chi connectivity index (χ1n) is 5.82. The second kappa shape index (κ2) is 4.30. The first kappa shape index (κ1) is 11.2. The van der Waals surface area contributed by atoms with Crippen LogP contribution in [-0.4, -0.2) is 29.9 Å². The molecule has 0 radical (unpaired) electrons. The number of halogens is 1. The molecule has 1 aliphatic carbocycles. The zero-order valence-electron chi connectivity index (χ0n) is 9.37. The van der Waals surface area contributed by atoms with Crippen molar-refractivity contribution in [3.8, 4) is 0 Å². The third kappa shape index (κ3) is 2.13. The number of nitrogens with zero attached hydrogens (tertiary/aromatic N) is 1. The van der Waals surface area contributed by atoms with Gasteiger partial charge in [-0.1, -0.05) is 20.3 Å². The molecule has 1 saturated heterocycles. The van der Waals surface area contributed by atoms with Crippen LogP contribution in [0.5, 0.6) is 0 Å². The molecule has 86 valence electrons. The van der Waals surface area contributed by atoms with E-state index in [1.807, 2.05) is 4.90 Å². The summed E-state index contributed by atoms with van der Waals surface area (Å²) in [6, 6.07) is -0.214. The molecule has 3 nitrogen and oxygen atoms in total. The highest BCUT2D eigenvalue weighted by atomic mass is 35.5. The van der Waals surface area contributed by atoms with Crippen molar-refractivity contribution in [1.29, 1.82) is 0 Å². The predicted octanol–water partition coefficient (Wildman–Crippen LogP) is 1.62. The molecule has 15 heavy (non-hydrogen) atoms. The smallest absolute Gasteiger partial charge is 0.241 e. The van der Waals surface area contributed by atoms with Gasteiger partial charge >= 0.3 is 0 Å². The number of fused-ring (bicyclic) bond motifs is 1. The van der Waals surface area contributed by atoms with Crippen molar-refractivity contribution in [3.63, 3.8) is 0 Å². The van der Waals surface area contributed by atoms with Gasteiger partial charge in [0.2, 0.25) is 5.91 Å². The lowest BCUT2D eigenvalue weighted by Crippen LogP contribution is -2.46. The van der Waals surface area contributed by atoms with Crippen molar-refractivity contribution in [2.45, 2.75) is 32.7 Å². The van der Waals surface area contributed by atoms with E-state index in [0.29, 0.717) is 5.92 Å². The number of likely N-dealkylation sites (tertiary alicyclic amines) is 1. The Bertz CT molecular complexity index is 249. The highest BCUT2D eigenvalue weighted by Gasteiger charge is 2.47. The van der Waals surface area contributed by atoms with Crippen molar-refractivity contribution in [3.05, 3.63) is 0 Å². The van der Waals surface area contributed by atoms with Crippen LogP contribution in [0, 0.1) is 17.8 Å². The molecule has 0 aromatic heterocycles. The average molecular weight is 231 g/mol. The Morgan fingerprint density at radius 3 is 2.60 bits per heavy atom. The lowest BCUT2D eigenvalue weighted by molar-refractivity contribution is -0.133. The Labute approximate surface area is 96.3 Å². The average Bonchev–Trinajstić information content (AvgIpc) is 2.86. The summed E-state index contributed by atoms with van der Waals surface area (Å²) in [5.74, 6) is 2.07. The molecule has 1 unspecified atom stereocenters. The minimum absolute atomic E-state index is 0.187. The maximum absolute atomic E-state index is 12.1. The van der Waals surface area contributed by atoms with E-state index in [2.05, 4.69) is 18.7 Å². The summed E-state index contributed by atoms with van der Waals surface area (Å²) in [5, 5.41) is 0. The third-order valence-electron chi connectivity index (χ3n) is 3.89. The van der Waals surface area contributed by atoms with Crippen LogP contribution >= 0.6 is 11.8 Å². The van der Waals surface area contributed by atoms with Gasteiger partial charge in [-0.3, -0.25) is 4.79 Å². The van der Waals surface area contributed by atoms with E-state index in [1.165, 1.54) is 6.42 Å². The van der Waals surface area contributed by atoms with Gasteiger partial charge in [0, 0.05) is 13.1 Å². The number of hydrogen-bond donors (Lipinski definition) is 1. The van der Waals surface area contributed by atoms with Crippen molar-refractivity contribution in [2.75, 3.05) is 13.1 Å². The molecule has 0 spiro atoms. The summed E-state index contributed by atoms with van der Waals surface area (Å²) in [6.45, 7) is 6.05. The molecule has 4 heteroatoms. The minimum Gasteiger partial charge on any atom is -0.341 e. The van der Waals surface area contributed by atoms with Gasteiger partial charge in [0.05, 0.1) is 0 Å². The van der Waals surface area contributed by atoms with Crippen LogP contribution in [0.2, 0.25) is 0 Å². The number of carbonyl (C=O) groups excluding carboxylic acids is 1. The molecule has 0 aromatic carbocycles. The number of rotatable bonds is 4. The molecular weight excluding hydrogens is 212 g/mol. The standard InChI is InChI=1S/C11H19ClN2O/c1-3-7(2)10(13-12)11(15)14-5-8-4-9(8)6-14/h7-10,13H,3-6H2,1-2H3/t7?,8-,9+,10-/m0/s1. The molecule has 1 aliphatic heterocycles. The first-order valence-corrected chi connectivity index (χ1v) is 6.20. The van der Waals surface area contributed by atoms with Crippen LogP contribution in [0.25, 0.3) is 0 Å². The molecule has 1 saturated carbocycles. The van der Waals surface area contributed by atoms with Gasteiger partial charge in [-0.05, 0) is 36.0 Å². The Balaban J connectivity index is 1.92. The lowest BCUT2D eigenvalue weighted by Gasteiger charge is -2.26. The molecule has 1 heterocycles. The van der Waals surface area contributed by atoms with E-state index in [4.69, 9.17) is 11.8 Å². The minimum atomic E-state index is -0.214. The second-order valence-corrected chi connectivity index (χ2v) is 5.19. The van der Waals surface area contributed by atoms with Gasteiger partial charge in [0.15, 0.2) is 0 Å². The van der Waals surface area contributed by atoms with E-state index in [9.17, 15) is 4.79 Å². The van der Waals surface area contributed by atoms with Crippen molar-refractivity contribution < 1.29 is 4.79 Å². The molecule has 4 atom stereocenters. The molecule has 0 aromatic rings. The van der Waals surface area contributed by atoms with E-state index in [1.54, 1.807) is 0 Å². The largest absolute Gasteiger partial charge is 0.341 e. The fourth-order valence-corrected chi connectivity index (χ4v) is 2.72. The van der Waals surface area contributed by atoms with E-state index < -0.39 is 0 Å². The number of piperidine rings is 1. The van der Waals surface area contributed by atoms with Crippen LogP contribution in [0.15, 0.2) is 0 Å². The van der Waals surface area contributed by atoms with Crippen LogP contribution in [0.4, 0.5) is 0 Å². The summed E-state index contributed by atoms with van der Waals surface area (Å²) in [7, 11) is 0. The van der Waals surface area contributed by atoms with Crippen LogP contribution < -0.4 is 4.84 Å². The van der Waals surface area contributed by atoms with Gasteiger partial charge in [-0.2, -0.15) is 0 Å². The summed E-state index contributed by atoms with van der Waals surface area (Å²) in [4.78, 5) is 16.7. The fraction of sp³-hybridized carbons (Fsp3) is 0.909.